The molecule has 0 saturated heterocycles. The minimum Gasteiger partial charge on any atom is -0.481 e. The van der Waals surface area contributed by atoms with Crippen LogP contribution in [0.15, 0.2) is 90.4 Å². The van der Waals surface area contributed by atoms with Crippen molar-refractivity contribution in [3.05, 3.63) is 113 Å². The molecule has 2 aliphatic rings. The van der Waals surface area contributed by atoms with Crippen LogP contribution >= 0.6 is 0 Å². The number of carbonyl (C=O) groups excluding carboxylic acids is 2. The predicted molar refractivity (Wildman–Crippen MR) is 126 cm³/mol. The first kappa shape index (κ1) is 20.7. The van der Waals surface area contributed by atoms with Crippen LogP contribution in [0.25, 0.3) is 0 Å². The third-order valence-corrected chi connectivity index (χ3v) is 5.83. The van der Waals surface area contributed by atoms with Gasteiger partial charge in [-0.3, -0.25) is 9.59 Å². The lowest BCUT2D eigenvalue weighted by Gasteiger charge is -2.34. The summed E-state index contributed by atoms with van der Waals surface area (Å²) in [6.07, 6.45) is 4.85. The van der Waals surface area contributed by atoms with Gasteiger partial charge in [0.2, 0.25) is 0 Å². The van der Waals surface area contributed by atoms with Crippen LogP contribution in [0.1, 0.15) is 31.8 Å². The van der Waals surface area contributed by atoms with Gasteiger partial charge in [-0.1, -0.05) is 35.9 Å². The van der Waals surface area contributed by atoms with Crippen molar-refractivity contribution in [2.75, 3.05) is 11.4 Å². The number of aromatic nitrogens is 1. The number of ether oxygens (including phenoxy) is 1. The second-order valence-electron chi connectivity index (χ2n) is 8.17. The van der Waals surface area contributed by atoms with Crippen LogP contribution in [0.3, 0.4) is 0 Å². The van der Waals surface area contributed by atoms with E-state index in [0.717, 1.165) is 16.8 Å². The van der Waals surface area contributed by atoms with E-state index in [1.807, 2.05) is 61.2 Å². The summed E-state index contributed by atoms with van der Waals surface area (Å²) in [5.74, 6) is 1.02. The number of para-hydroxylation sites is 1. The molecule has 1 atom stereocenters. The molecule has 3 aromatic rings. The third-order valence-electron chi connectivity index (χ3n) is 5.83. The fourth-order valence-corrected chi connectivity index (χ4v) is 4.02. The zero-order chi connectivity index (χ0) is 22.9. The Morgan fingerprint density at radius 1 is 1.06 bits per heavy atom. The maximum Gasteiger partial charge on any atom is 0.251 e. The number of Topliss-reactive ketones (excluding diaryl/α,β-unsaturated/α-hetero) is 1. The third kappa shape index (κ3) is 3.91. The number of fused-ring (bicyclic) bond motifs is 2. The molecule has 0 aliphatic carbocycles. The SMILES string of the molecule is Cc1ccc(C(=O)NCC2=C[C@H]3Oc4ccccc4C(=O)C3=CN2c2ncccc2C)cc1. The molecule has 1 aromatic heterocycles. The number of pyridine rings is 1. The van der Waals surface area contributed by atoms with Gasteiger partial charge in [0.25, 0.3) is 5.91 Å². The summed E-state index contributed by atoms with van der Waals surface area (Å²) in [7, 11) is 0. The highest BCUT2D eigenvalue weighted by Gasteiger charge is 2.35. The first-order chi connectivity index (χ1) is 16.0. The van der Waals surface area contributed by atoms with Crippen LogP contribution in [0.4, 0.5) is 5.82 Å². The van der Waals surface area contributed by atoms with Gasteiger partial charge in [-0.15, -0.1) is 0 Å². The summed E-state index contributed by atoms with van der Waals surface area (Å²) < 4.78 is 6.13. The molecule has 3 heterocycles. The smallest absolute Gasteiger partial charge is 0.251 e. The summed E-state index contributed by atoms with van der Waals surface area (Å²) in [5.41, 5.74) is 4.49. The number of benzene rings is 2. The molecule has 0 unspecified atom stereocenters. The van der Waals surface area contributed by atoms with Crippen LogP contribution in [0.2, 0.25) is 0 Å². The Labute approximate surface area is 192 Å². The normalized spacial score (nSPS) is 16.7. The number of rotatable bonds is 4. The topological polar surface area (TPSA) is 71.5 Å². The minimum absolute atomic E-state index is 0.0700. The van der Waals surface area contributed by atoms with Crippen LogP contribution in [-0.2, 0) is 0 Å². The zero-order valence-corrected chi connectivity index (χ0v) is 18.4. The molecule has 33 heavy (non-hydrogen) atoms. The summed E-state index contributed by atoms with van der Waals surface area (Å²) >= 11 is 0. The van der Waals surface area contributed by atoms with Crippen molar-refractivity contribution in [3.8, 4) is 5.75 Å². The van der Waals surface area contributed by atoms with E-state index in [-0.39, 0.29) is 18.2 Å². The average molecular weight is 437 g/mol. The molecule has 2 aromatic carbocycles. The molecule has 0 radical (unpaired) electrons. The Kier molecular flexibility index (Phi) is 5.26. The maximum absolute atomic E-state index is 13.2. The van der Waals surface area contributed by atoms with Crippen LogP contribution in [0, 0.1) is 13.8 Å². The van der Waals surface area contributed by atoms with Crippen molar-refractivity contribution in [2.24, 2.45) is 0 Å². The van der Waals surface area contributed by atoms with Crippen molar-refractivity contribution in [1.29, 1.82) is 0 Å². The molecule has 0 bridgehead atoms. The molecular weight excluding hydrogens is 414 g/mol. The van der Waals surface area contributed by atoms with Gasteiger partial charge in [0.15, 0.2) is 5.78 Å². The Bertz CT molecular complexity index is 1310. The van der Waals surface area contributed by atoms with Gasteiger partial charge in [0, 0.05) is 23.7 Å². The maximum atomic E-state index is 13.2. The lowest BCUT2D eigenvalue weighted by atomic mass is 9.93. The highest BCUT2D eigenvalue weighted by atomic mass is 16.5. The molecular formula is C27H23N3O3. The van der Waals surface area contributed by atoms with E-state index in [9.17, 15) is 9.59 Å². The number of hydrogen-bond donors (Lipinski definition) is 1. The fourth-order valence-electron chi connectivity index (χ4n) is 4.02. The summed E-state index contributed by atoms with van der Waals surface area (Å²) in [5, 5.41) is 2.99. The summed E-state index contributed by atoms with van der Waals surface area (Å²) in [6, 6.07) is 18.5. The van der Waals surface area contributed by atoms with Gasteiger partial charge in [0.1, 0.15) is 17.7 Å². The standard InChI is InChI=1S/C27H23N3O3/c1-17-9-11-19(12-10-17)27(32)29-15-20-14-24-22(16-30(20)26-18(2)6-5-13-28-26)25(31)21-7-3-4-8-23(21)33-24/h3-14,16,24H,15H2,1-2H3,(H,29,32)/t24-/m1/s1. The molecule has 6 nitrogen and oxygen atoms in total. The van der Waals surface area contributed by atoms with Crippen molar-refractivity contribution in [1.82, 2.24) is 10.3 Å². The lowest BCUT2D eigenvalue weighted by molar-refractivity contribution is 0.0950. The number of anilines is 1. The molecule has 164 valence electrons. The number of nitrogens with one attached hydrogen (secondary N) is 1. The quantitative estimate of drug-likeness (QED) is 0.657. The molecule has 5 rings (SSSR count). The van der Waals surface area contributed by atoms with Gasteiger partial charge in [-0.05, 0) is 55.8 Å². The second kappa shape index (κ2) is 8.39. The Morgan fingerprint density at radius 3 is 2.64 bits per heavy atom. The van der Waals surface area contributed by atoms with Gasteiger partial charge >= 0.3 is 0 Å². The Hall–Kier alpha value is -4.19. The minimum atomic E-state index is -0.529. The first-order valence-corrected chi connectivity index (χ1v) is 10.8. The molecule has 6 heteroatoms. The molecule has 0 saturated carbocycles. The van der Waals surface area contributed by atoms with Gasteiger partial charge < -0.3 is 15.0 Å². The van der Waals surface area contributed by atoms with Crippen molar-refractivity contribution < 1.29 is 14.3 Å². The van der Waals surface area contributed by atoms with Gasteiger partial charge in [-0.2, -0.15) is 0 Å². The molecule has 1 N–H and O–H groups in total. The van der Waals surface area contributed by atoms with E-state index >= 15 is 0 Å². The fraction of sp³-hybridized carbons (Fsp3) is 0.148. The molecule has 0 fully saturated rings. The predicted octanol–water partition coefficient (Wildman–Crippen LogP) is 4.36. The number of amides is 1. The Morgan fingerprint density at radius 2 is 1.85 bits per heavy atom. The van der Waals surface area contributed by atoms with E-state index in [2.05, 4.69) is 10.3 Å². The molecule has 2 aliphatic heterocycles. The largest absolute Gasteiger partial charge is 0.481 e. The van der Waals surface area contributed by atoms with Crippen molar-refractivity contribution in [2.45, 2.75) is 20.0 Å². The van der Waals surface area contributed by atoms with Gasteiger partial charge in [0.05, 0.1) is 17.7 Å². The van der Waals surface area contributed by atoms with E-state index in [0.29, 0.717) is 28.3 Å². The summed E-state index contributed by atoms with van der Waals surface area (Å²) in [4.78, 5) is 32.3. The highest BCUT2D eigenvalue weighted by Crippen LogP contribution is 2.36. The highest BCUT2D eigenvalue weighted by molar-refractivity contribution is 6.13. The van der Waals surface area contributed by atoms with E-state index in [4.69, 9.17) is 4.74 Å². The van der Waals surface area contributed by atoms with Crippen LogP contribution < -0.4 is 15.0 Å². The molecule has 0 spiro atoms. The number of carbonyl (C=O) groups is 2. The molecule has 1 amide bonds. The monoisotopic (exact) mass is 437 g/mol. The van der Waals surface area contributed by atoms with Gasteiger partial charge in [-0.25, -0.2) is 4.98 Å². The Balaban J connectivity index is 1.48. The van der Waals surface area contributed by atoms with E-state index in [1.54, 1.807) is 36.7 Å². The number of aryl methyl sites for hydroxylation is 2. The second-order valence-corrected chi connectivity index (χ2v) is 8.17. The van der Waals surface area contributed by atoms with Crippen molar-refractivity contribution >= 4 is 17.5 Å². The van der Waals surface area contributed by atoms with Crippen LogP contribution in [0.5, 0.6) is 5.75 Å². The first-order valence-electron chi connectivity index (χ1n) is 10.8. The number of ketones is 1. The van der Waals surface area contributed by atoms with Crippen LogP contribution in [-0.4, -0.2) is 29.3 Å². The van der Waals surface area contributed by atoms with E-state index in [1.165, 1.54) is 0 Å². The zero-order valence-electron chi connectivity index (χ0n) is 18.4. The lowest BCUT2D eigenvalue weighted by Crippen LogP contribution is -2.39. The van der Waals surface area contributed by atoms with Crippen molar-refractivity contribution in [3.63, 3.8) is 0 Å². The number of hydrogen-bond acceptors (Lipinski definition) is 5. The average Bonchev–Trinajstić information content (AvgIpc) is 2.83. The van der Waals surface area contributed by atoms with E-state index < -0.39 is 6.10 Å². The summed E-state index contributed by atoms with van der Waals surface area (Å²) in [6.45, 7) is 4.20. The number of nitrogens with zero attached hydrogens (tertiary/aromatic N) is 2.